The van der Waals surface area contributed by atoms with Gasteiger partial charge in [-0.15, -0.1) is 0 Å². The fraction of sp³-hybridized carbons (Fsp3) is 0.0400. The number of aromatic hydroxyl groups is 2. The van der Waals surface area contributed by atoms with E-state index in [-0.39, 0.29) is 11.5 Å². The second-order valence-electron chi connectivity index (χ2n) is 6.54. The summed E-state index contributed by atoms with van der Waals surface area (Å²) in [6.07, 6.45) is 0.580. The Balaban J connectivity index is 2.00. The minimum absolute atomic E-state index is 0.0781. The van der Waals surface area contributed by atoms with Crippen LogP contribution in [-0.4, -0.2) is 10.2 Å². The van der Waals surface area contributed by atoms with Crippen LogP contribution in [-0.2, 0) is 6.42 Å². The molecule has 2 N–H and O–H groups in total. The summed E-state index contributed by atoms with van der Waals surface area (Å²) in [6.45, 7) is 0. The Labute approximate surface area is 159 Å². The van der Waals surface area contributed by atoms with Crippen LogP contribution in [0.25, 0.3) is 22.3 Å². The van der Waals surface area contributed by atoms with Crippen LogP contribution < -0.4 is 0 Å². The van der Waals surface area contributed by atoms with Crippen molar-refractivity contribution in [1.82, 2.24) is 0 Å². The van der Waals surface area contributed by atoms with Crippen LogP contribution in [0.3, 0.4) is 0 Å². The van der Waals surface area contributed by atoms with Crippen LogP contribution in [0.4, 0.5) is 0 Å². The first-order valence-corrected chi connectivity index (χ1v) is 8.96. The summed E-state index contributed by atoms with van der Waals surface area (Å²) in [6, 6.07) is 31.2. The Morgan fingerprint density at radius 1 is 0.519 bits per heavy atom. The lowest BCUT2D eigenvalue weighted by Crippen LogP contribution is -1.97. The standard InChI is InChI=1S/C25H20O2/c26-22-17-23(27)25(20-14-8-3-9-15-20)24(19-12-6-2-7-13-19)21(22)16-18-10-4-1-5-11-18/h1-15,17,26-27H,16H2. The molecule has 0 spiro atoms. The van der Waals surface area contributed by atoms with Gasteiger partial charge in [0.15, 0.2) is 0 Å². The van der Waals surface area contributed by atoms with Crippen molar-refractivity contribution in [2.24, 2.45) is 0 Å². The van der Waals surface area contributed by atoms with Crippen LogP contribution in [0, 0.1) is 0 Å². The van der Waals surface area contributed by atoms with Crippen molar-refractivity contribution in [3.8, 4) is 33.8 Å². The van der Waals surface area contributed by atoms with Crippen molar-refractivity contribution in [3.05, 3.63) is 108 Å². The van der Waals surface area contributed by atoms with Crippen molar-refractivity contribution in [2.75, 3.05) is 0 Å². The lowest BCUT2D eigenvalue weighted by molar-refractivity contribution is 0.448. The van der Waals surface area contributed by atoms with E-state index in [0.717, 1.165) is 33.4 Å². The van der Waals surface area contributed by atoms with Gasteiger partial charge in [-0.3, -0.25) is 0 Å². The quantitative estimate of drug-likeness (QED) is 0.471. The fourth-order valence-corrected chi connectivity index (χ4v) is 3.50. The molecule has 0 fully saturated rings. The van der Waals surface area contributed by atoms with Crippen LogP contribution >= 0.6 is 0 Å². The minimum Gasteiger partial charge on any atom is -0.507 e. The molecule has 0 aliphatic rings. The zero-order chi connectivity index (χ0) is 18.6. The van der Waals surface area contributed by atoms with E-state index >= 15 is 0 Å². The lowest BCUT2D eigenvalue weighted by atomic mass is 9.86. The van der Waals surface area contributed by atoms with Gasteiger partial charge in [-0.1, -0.05) is 91.0 Å². The molecule has 27 heavy (non-hydrogen) atoms. The van der Waals surface area contributed by atoms with E-state index in [0.29, 0.717) is 6.42 Å². The molecule has 0 amide bonds. The van der Waals surface area contributed by atoms with Gasteiger partial charge in [0.1, 0.15) is 11.5 Å². The van der Waals surface area contributed by atoms with E-state index < -0.39 is 0 Å². The van der Waals surface area contributed by atoms with E-state index in [1.807, 2.05) is 91.0 Å². The van der Waals surface area contributed by atoms with E-state index in [1.165, 1.54) is 6.07 Å². The Morgan fingerprint density at radius 2 is 1.00 bits per heavy atom. The number of hydrogen-bond donors (Lipinski definition) is 2. The molecular formula is C25H20O2. The van der Waals surface area contributed by atoms with Crippen LogP contribution in [0.1, 0.15) is 11.1 Å². The largest absolute Gasteiger partial charge is 0.507 e. The highest BCUT2D eigenvalue weighted by atomic mass is 16.3. The van der Waals surface area contributed by atoms with E-state index in [4.69, 9.17) is 0 Å². The smallest absolute Gasteiger partial charge is 0.127 e. The molecule has 0 bridgehead atoms. The number of phenolic OH excluding ortho intramolecular Hbond substituents is 2. The van der Waals surface area contributed by atoms with Crippen molar-refractivity contribution >= 4 is 0 Å². The summed E-state index contributed by atoms with van der Waals surface area (Å²) < 4.78 is 0. The van der Waals surface area contributed by atoms with Crippen LogP contribution in [0.2, 0.25) is 0 Å². The van der Waals surface area contributed by atoms with Crippen LogP contribution in [0.15, 0.2) is 97.1 Å². The first-order valence-electron chi connectivity index (χ1n) is 8.96. The molecule has 0 saturated carbocycles. The maximum Gasteiger partial charge on any atom is 0.127 e. The zero-order valence-electron chi connectivity index (χ0n) is 14.8. The monoisotopic (exact) mass is 352 g/mol. The van der Waals surface area contributed by atoms with Crippen molar-refractivity contribution in [3.63, 3.8) is 0 Å². The average Bonchev–Trinajstić information content (AvgIpc) is 2.72. The highest BCUT2D eigenvalue weighted by Gasteiger charge is 2.20. The van der Waals surface area contributed by atoms with Crippen molar-refractivity contribution in [1.29, 1.82) is 0 Å². The molecule has 0 heterocycles. The molecular weight excluding hydrogens is 332 g/mol. The molecule has 132 valence electrons. The maximum atomic E-state index is 10.7. The highest BCUT2D eigenvalue weighted by molar-refractivity contribution is 5.91. The first kappa shape index (κ1) is 16.9. The minimum atomic E-state index is 0.0781. The van der Waals surface area contributed by atoms with Gasteiger partial charge < -0.3 is 10.2 Å². The molecule has 0 unspecified atom stereocenters. The molecule has 0 aliphatic carbocycles. The third-order valence-electron chi connectivity index (χ3n) is 4.74. The second kappa shape index (κ2) is 7.38. The Bertz CT molecular complexity index is 1040. The molecule has 2 heteroatoms. The normalized spacial score (nSPS) is 10.7. The number of rotatable bonds is 4. The van der Waals surface area contributed by atoms with Gasteiger partial charge in [0, 0.05) is 29.2 Å². The number of benzene rings is 4. The van der Waals surface area contributed by atoms with Gasteiger partial charge in [-0.05, 0) is 16.7 Å². The molecule has 4 rings (SSSR count). The number of hydrogen-bond acceptors (Lipinski definition) is 2. The summed E-state index contributed by atoms with van der Waals surface area (Å²) in [5.41, 5.74) is 5.41. The van der Waals surface area contributed by atoms with Gasteiger partial charge in [-0.25, -0.2) is 0 Å². The third kappa shape index (κ3) is 3.42. The molecule has 0 saturated heterocycles. The van der Waals surface area contributed by atoms with Gasteiger partial charge in [-0.2, -0.15) is 0 Å². The van der Waals surface area contributed by atoms with E-state index in [1.54, 1.807) is 0 Å². The summed E-state index contributed by atoms with van der Waals surface area (Å²) in [5, 5.41) is 21.4. The van der Waals surface area contributed by atoms with Crippen LogP contribution in [0.5, 0.6) is 11.5 Å². The SMILES string of the molecule is Oc1cc(O)c(-c2ccccc2)c(-c2ccccc2)c1Cc1ccccc1. The topological polar surface area (TPSA) is 40.5 Å². The van der Waals surface area contributed by atoms with Gasteiger partial charge in [0.25, 0.3) is 0 Å². The lowest BCUT2D eigenvalue weighted by Gasteiger charge is -2.19. The first-order chi connectivity index (χ1) is 13.2. The predicted octanol–water partition coefficient (Wildman–Crippen LogP) is 6.02. The Hall–Kier alpha value is -3.52. The summed E-state index contributed by atoms with van der Waals surface area (Å²) in [5.74, 6) is 0.184. The zero-order valence-corrected chi connectivity index (χ0v) is 14.8. The predicted molar refractivity (Wildman–Crippen MR) is 110 cm³/mol. The molecule has 0 radical (unpaired) electrons. The van der Waals surface area contributed by atoms with E-state index in [9.17, 15) is 10.2 Å². The highest BCUT2D eigenvalue weighted by Crippen LogP contribution is 2.45. The average molecular weight is 352 g/mol. The molecule has 0 aromatic heterocycles. The van der Waals surface area contributed by atoms with Gasteiger partial charge in [0.05, 0.1) is 0 Å². The Morgan fingerprint density at radius 3 is 1.56 bits per heavy atom. The summed E-state index contributed by atoms with van der Waals surface area (Å²) in [4.78, 5) is 0. The fourth-order valence-electron chi connectivity index (χ4n) is 3.50. The third-order valence-corrected chi connectivity index (χ3v) is 4.74. The molecule has 4 aromatic carbocycles. The Kier molecular flexibility index (Phi) is 4.63. The summed E-state index contributed by atoms with van der Waals surface area (Å²) in [7, 11) is 0. The number of phenols is 2. The summed E-state index contributed by atoms with van der Waals surface area (Å²) >= 11 is 0. The molecule has 2 nitrogen and oxygen atoms in total. The van der Waals surface area contributed by atoms with Gasteiger partial charge >= 0.3 is 0 Å². The van der Waals surface area contributed by atoms with Crippen molar-refractivity contribution < 1.29 is 10.2 Å². The maximum absolute atomic E-state index is 10.7. The molecule has 0 atom stereocenters. The van der Waals surface area contributed by atoms with Gasteiger partial charge in [0.2, 0.25) is 0 Å². The van der Waals surface area contributed by atoms with Crippen molar-refractivity contribution in [2.45, 2.75) is 6.42 Å². The molecule has 4 aromatic rings. The van der Waals surface area contributed by atoms with E-state index in [2.05, 4.69) is 0 Å². The second-order valence-corrected chi connectivity index (χ2v) is 6.54. The molecule has 0 aliphatic heterocycles.